The number of thioether (sulfide) groups is 1. The maximum Gasteiger partial charge on any atom is 0.270 e. The van der Waals surface area contributed by atoms with Gasteiger partial charge in [0, 0.05) is 5.69 Å². The zero-order chi connectivity index (χ0) is 15.4. The lowest BCUT2D eigenvalue weighted by molar-refractivity contribution is -0.115. The van der Waals surface area contributed by atoms with Gasteiger partial charge in [0.1, 0.15) is 6.20 Å². The second-order valence-electron chi connectivity index (χ2n) is 4.71. The highest BCUT2D eigenvalue weighted by Gasteiger charge is 2.16. The highest BCUT2D eigenvalue weighted by atomic mass is 32.2. The van der Waals surface area contributed by atoms with Crippen LogP contribution in [-0.4, -0.2) is 26.3 Å². The van der Waals surface area contributed by atoms with Crippen LogP contribution < -0.4 is 10.9 Å². The number of carbonyl (C=O) groups is 1. The van der Waals surface area contributed by atoms with Crippen LogP contribution in [0.4, 0.5) is 5.69 Å². The molecule has 0 saturated heterocycles. The molecule has 0 spiro atoms. The molecule has 0 aliphatic heterocycles. The summed E-state index contributed by atoms with van der Waals surface area (Å²) in [7, 11) is 0. The van der Waals surface area contributed by atoms with Crippen molar-refractivity contribution < 1.29 is 4.79 Å². The van der Waals surface area contributed by atoms with E-state index in [0.29, 0.717) is 5.16 Å². The first-order valence-electron chi connectivity index (χ1n) is 6.42. The van der Waals surface area contributed by atoms with E-state index in [1.54, 1.807) is 6.92 Å². The van der Waals surface area contributed by atoms with Gasteiger partial charge in [-0.15, -0.1) is 5.10 Å². The number of carbonyl (C=O) groups excluding carboxylic acids is 1. The molecule has 1 atom stereocenters. The van der Waals surface area contributed by atoms with Crippen LogP contribution in [0, 0.1) is 13.8 Å². The van der Waals surface area contributed by atoms with Crippen molar-refractivity contribution in [1.29, 1.82) is 0 Å². The minimum Gasteiger partial charge on any atom is -0.325 e. The molecule has 6 nitrogen and oxygen atoms in total. The van der Waals surface area contributed by atoms with E-state index in [4.69, 9.17) is 0 Å². The normalized spacial score (nSPS) is 12.0. The summed E-state index contributed by atoms with van der Waals surface area (Å²) in [4.78, 5) is 25.9. The molecule has 0 unspecified atom stereocenters. The Labute approximate surface area is 126 Å². The number of aromatic nitrogens is 3. The summed E-state index contributed by atoms with van der Waals surface area (Å²) in [6.45, 7) is 5.66. The Bertz CT molecular complexity index is 714. The Balaban J connectivity index is 2.06. The molecule has 2 rings (SSSR count). The quantitative estimate of drug-likeness (QED) is 0.842. The molecule has 1 aromatic heterocycles. The van der Waals surface area contributed by atoms with Gasteiger partial charge in [0.15, 0.2) is 5.16 Å². The Morgan fingerprint density at radius 2 is 2.14 bits per heavy atom. The second-order valence-corrected chi connectivity index (χ2v) is 6.04. The molecule has 1 amide bonds. The van der Waals surface area contributed by atoms with Crippen molar-refractivity contribution in [3.05, 3.63) is 45.9 Å². The number of benzene rings is 1. The first kappa shape index (κ1) is 15.2. The van der Waals surface area contributed by atoms with Crippen molar-refractivity contribution in [2.45, 2.75) is 31.2 Å². The van der Waals surface area contributed by atoms with Gasteiger partial charge in [-0.2, -0.15) is 5.10 Å². The average molecular weight is 304 g/mol. The van der Waals surface area contributed by atoms with Crippen LogP contribution in [0.25, 0.3) is 0 Å². The maximum atomic E-state index is 12.2. The molecule has 2 N–H and O–H groups in total. The molecular weight excluding hydrogens is 288 g/mol. The number of nitrogens with one attached hydrogen (secondary N) is 2. The number of anilines is 1. The fourth-order valence-corrected chi connectivity index (χ4v) is 2.43. The molecular formula is C14H16N4O2S. The van der Waals surface area contributed by atoms with E-state index in [2.05, 4.69) is 20.5 Å². The fourth-order valence-electron chi connectivity index (χ4n) is 1.68. The predicted molar refractivity (Wildman–Crippen MR) is 82.5 cm³/mol. The number of hydrogen-bond acceptors (Lipinski definition) is 5. The number of amides is 1. The summed E-state index contributed by atoms with van der Waals surface area (Å²) >= 11 is 1.15. The van der Waals surface area contributed by atoms with Crippen LogP contribution >= 0.6 is 11.8 Å². The smallest absolute Gasteiger partial charge is 0.270 e. The number of nitrogens with zero attached hydrogens (tertiary/aromatic N) is 2. The van der Waals surface area contributed by atoms with Gasteiger partial charge >= 0.3 is 0 Å². The van der Waals surface area contributed by atoms with Crippen molar-refractivity contribution in [1.82, 2.24) is 15.2 Å². The number of rotatable bonds is 4. The van der Waals surface area contributed by atoms with Crippen LogP contribution in [0.15, 0.2) is 34.3 Å². The van der Waals surface area contributed by atoms with Crippen molar-refractivity contribution in [2.75, 3.05) is 5.32 Å². The summed E-state index contributed by atoms with van der Waals surface area (Å²) in [6.07, 6.45) is 1.09. The van der Waals surface area contributed by atoms with Gasteiger partial charge in [-0.25, -0.2) is 0 Å². The molecule has 1 aromatic carbocycles. The van der Waals surface area contributed by atoms with Crippen molar-refractivity contribution >= 4 is 23.4 Å². The van der Waals surface area contributed by atoms with Crippen LogP contribution in [0.2, 0.25) is 0 Å². The van der Waals surface area contributed by atoms with E-state index >= 15 is 0 Å². The number of hydrogen-bond donors (Lipinski definition) is 2. The third-order valence-electron chi connectivity index (χ3n) is 2.86. The van der Waals surface area contributed by atoms with Gasteiger partial charge in [-0.1, -0.05) is 23.9 Å². The Morgan fingerprint density at radius 3 is 2.86 bits per heavy atom. The van der Waals surface area contributed by atoms with Gasteiger partial charge in [-0.3, -0.25) is 14.6 Å². The Morgan fingerprint density at radius 1 is 1.38 bits per heavy atom. The van der Waals surface area contributed by atoms with E-state index in [0.717, 1.165) is 34.8 Å². The summed E-state index contributed by atoms with van der Waals surface area (Å²) in [5.41, 5.74) is 2.53. The minimum atomic E-state index is -0.405. The molecule has 0 saturated carbocycles. The third kappa shape index (κ3) is 4.16. The summed E-state index contributed by atoms with van der Waals surface area (Å²) in [6, 6.07) is 5.88. The van der Waals surface area contributed by atoms with Crippen LogP contribution in [0.3, 0.4) is 0 Å². The summed E-state index contributed by atoms with van der Waals surface area (Å²) in [5.74, 6) is -0.153. The first-order valence-corrected chi connectivity index (χ1v) is 7.30. The summed E-state index contributed by atoms with van der Waals surface area (Å²) in [5, 5.41) is 10.1. The van der Waals surface area contributed by atoms with Crippen LogP contribution in [-0.2, 0) is 4.79 Å². The van der Waals surface area contributed by atoms with Crippen molar-refractivity contribution in [3.8, 4) is 0 Å². The van der Waals surface area contributed by atoms with E-state index in [-0.39, 0.29) is 11.5 Å². The molecule has 0 aliphatic rings. The largest absolute Gasteiger partial charge is 0.325 e. The van der Waals surface area contributed by atoms with Crippen LogP contribution in [0.1, 0.15) is 18.1 Å². The van der Waals surface area contributed by atoms with Gasteiger partial charge in [-0.05, 0) is 38.0 Å². The fraction of sp³-hybridized carbons (Fsp3) is 0.286. The molecule has 7 heteroatoms. The van der Waals surface area contributed by atoms with Gasteiger partial charge < -0.3 is 5.32 Å². The third-order valence-corrected chi connectivity index (χ3v) is 3.84. The number of aryl methyl sites for hydroxylation is 2. The highest BCUT2D eigenvalue weighted by molar-refractivity contribution is 8.00. The van der Waals surface area contributed by atoms with E-state index in [9.17, 15) is 9.59 Å². The van der Waals surface area contributed by atoms with Gasteiger partial charge in [0.05, 0.1) is 5.25 Å². The minimum absolute atomic E-state index is 0.153. The van der Waals surface area contributed by atoms with Crippen molar-refractivity contribution in [2.24, 2.45) is 0 Å². The monoisotopic (exact) mass is 304 g/mol. The molecule has 2 aromatic rings. The topological polar surface area (TPSA) is 87.7 Å². The van der Waals surface area contributed by atoms with Crippen molar-refractivity contribution in [3.63, 3.8) is 0 Å². The summed E-state index contributed by atoms with van der Waals surface area (Å²) < 4.78 is 0. The molecule has 0 fully saturated rings. The molecule has 0 radical (unpaired) electrons. The molecule has 110 valence electrons. The van der Waals surface area contributed by atoms with Crippen LogP contribution in [0.5, 0.6) is 0 Å². The van der Waals surface area contributed by atoms with Gasteiger partial charge in [0.2, 0.25) is 5.91 Å². The molecule has 1 heterocycles. The average Bonchev–Trinajstić information content (AvgIpc) is 2.43. The first-order chi connectivity index (χ1) is 9.95. The zero-order valence-electron chi connectivity index (χ0n) is 12.0. The lowest BCUT2D eigenvalue weighted by atomic mass is 10.1. The second kappa shape index (κ2) is 6.53. The lowest BCUT2D eigenvalue weighted by Crippen LogP contribution is -2.23. The highest BCUT2D eigenvalue weighted by Crippen LogP contribution is 2.21. The lowest BCUT2D eigenvalue weighted by Gasteiger charge is -2.13. The maximum absolute atomic E-state index is 12.2. The Hall–Kier alpha value is -2.15. The van der Waals surface area contributed by atoms with E-state index in [1.807, 2.05) is 32.0 Å². The van der Waals surface area contributed by atoms with E-state index in [1.165, 1.54) is 0 Å². The molecule has 21 heavy (non-hydrogen) atoms. The van der Waals surface area contributed by atoms with Gasteiger partial charge in [0.25, 0.3) is 5.56 Å². The standard InChI is InChI=1S/C14H16N4O2S/c1-8-4-5-9(2)11(6-8)16-13(20)10(3)21-14-17-12(19)7-15-18-14/h4-7,10H,1-3H3,(H,16,20)(H,17,18,19)/t10-/m1/s1. The SMILES string of the molecule is Cc1ccc(C)c(NC(=O)[C@@H](C)Sc2nncc(=O)[nH]2)c1. The Kier molecular flexibility index (Phi) is 4.74. The number of H-pyrrole nitrogens is 1. The number of aromatic amines is 1. The molecule has 0 aliphatic carbocycles. The van der Waals surface area contributed by atoms with E-state index < -0.39 is 5.25 Å². The predicted octanol–water partition coefficient (Wildman–Crippen LogP) is 1.90. The molecule has 0 bridgehead atoms. The zero-order valence-corrected chi connectivity index (χ0v) is 12.8.